The largest absolute Gasteiger partial charge is 0.385 e. The predicted octanol–water partition coefficient (Wildman–Crippen LogP) is 2.60. The van der Waals surface area contributed by atoms with E-state index < -0.39 is 5.60 Å². The lowest BCUT2D eigenvalue weighted by Gasteiger charge is -2.39. The van der Waals surface area contributed by atoms with Crippen LogP contribution in [0, 0.1) is 12.7 Å². The van der Waals surface area contributed by atoms with E-state index in [0.717, 1.165) is 16.9 Å². The van der Waals surface area contributed by atoms with Crippen LogP contribution in [0.25, 0.3) is 5.82 Å². The molecular weight excluding hydrogens is 333 g/mol. The van der Waals surface area contributed by atoms with E-state index in [2.05, 4.69) is 20.0 Å². The van der Waals surface area contributed by atoms with Gasteiger partial charge in [0.15, 0.2) is 5.82 Å². The average Bonchev–Trinajstić information content (AvgIpc) is 3.09. The molecule has 1 N–H and O–H groups in total. The van der Waals surface area contributed by atoms with Gasteiger partial charge in [0.05, 0.1) is 24.2 Å². The van der Waals surface area contributed by atoms with Gasteiger partial charge in [-0.15, -0.1) is 0 Å². The van der Waals surface area contributed by atoms with Crippen molar-refractivity contribution in [1.29, 1.82) is 0 Å². The molecule has 0 bridgehead atoms. The molecule has 0 spiro atoms. The normalized spacial score (nSPS) is 16.7. The molecule has 0 atom stereocenters. The summed E-state index contributed by atoms with van der Waals surface area (Å²) >= 11 is 0. The second kappa shape index (κ2) is 6.49. The number of aryl methyl sites for hydroxylation is 1. The summed E-state index contributed by atoms with van der Waals surface area (Å²) < 4.78 is 14.8. The number of halogens is 1. The van der Waals surface area contributed by atoms with Crippen LogP contribution < -0.4 is 4.90 Å². The fraction of sp³-hybridized carbons (Fsp3) is 0.316. The zero-order valence-corrected chi connectivity index (χ0v) is 14.5. The maximum atomic E-state index is 13.1. The van der Waals surface area contributed by atoms with E-state index in [1.807, 2.05) is 13.1 Å². The molecule has 2 aromatic heterocycles. The molecule has 0 amide bonds. The molecule has 1 aliphatic heterocycles. The van der Waals surface area contributed by atoms with Crippen molar-refractivity contribution in [1.82, 2.24) is 19.7 Å². The molecule has 1 saturated heterocycles. The lowest BCUT2D eigenvalue weighted by molar-refractivity contribution is 0.0116. The molecule has 0 radical (unpaired) electrons. The molecular formula is C19H20FN5O. The number of hydrogen-bond donors (Lipinski definition) is 1. The number of anilines is 1. The third-order valence-electron chi connectivity index (χ3n) is 4.85. The molecule has 134 valence electrons. The molecule has 4 rings (SSSR count). The van der Waals surface area contributed by atoms with Crippen LogP contribution in [0.4, 0.5) is 10.2 Å². The molecule has 0 unspecified atom stereocenters. The van der Waals surface area contributed by atoms with Gasteiger partial charge < -0.3 is 10.0 Å². The quantitative estimate of drug-likeness (QED) is 0.784. The first-order valence-electron chi connectivity index (χ1n) is 8.61. The summed E-state index contributed by atoms with van der Waals surface area (Å²) in [7, 11) is 0. The van der Waals surface area contributed by atoms with Gasteiger partial charge in [-0.3, -0.25) is 4.98 Å². The van der Waals surface area contributed by atoms with Gasteiger partial charge >= 0.3 is 0 Å². The van der Waals surface area contributed by atoms with E-state index in [1.54, 1.807) is 35.4 Å². The Hall–Kier alpha value is -2.80. The number of hydrogen-bond acceptors (Lipinski definition) is 5. The van der Waals surface area contributed by atoms with Crippen LogP contribution in [0.1, 0.15) is 24.0 Å². The molecule has 1 aromatic carbocycles. The second-order valence-electron chi connectivity index (χ2n) is 6.72. The third kappa shape index (κ3) is 3.17. The fourth-order valence-electron chi connectivity index (χ4n) is 3.30. The smallest absolute Gasteiger partial charge is 0.173 e. The van der Waals surface area contributed by atoms with E-state index in [4.69, 9.17) is 0 Å². The molecule has 1 aliphatic rings. The zero-order chi connectivity index (χ0) is 18.1. The number of benzene rings is 1. The Bertz CT molecular complexity index is 900. The minimum Gasteiger partial charge on any atom is -0.385 e. The molecule has 1 fully saturated rings. The summed E-state index contributed by atoms with van der Waals surface area (Å²) in [5.74, 6) is 1.13. The molecule has 26 heavy (non-hydrogen) atoms. The highest BCUT2D eigenvalue weighted by Crippen LogP contribution is 2.34. The number of piperidine rings is 1. The van der Waals surface area contributed by atoms with Gasteiger partial charge in [0.25, 0.3) is 0 Å². The SMILES string of the molecule is Cc1cnn(-c2cncc(N3CCC(O)(c4ccc(F)cc4)CC3)n2)c1. The van der Waals surface area contributed by atoms with Crippen molar-refractivity contribution in [2.24, 2.45) is 0 Å². The highest BCUT2D eigenvalue weighted by atomic mass is 19.1. The van der Waals surface area contributed by atoms with Gasteiger partial charge in [-0.05, 0) is 43.0 Å². The van der Waals surface area contributed by atoms with Crippen molar-refractivity contribution < 1.29 is 9.50 Å². The van der Waals surface area contributed by atoms with Gasteiger partial charge in [0.2, 0.25) is 0 Å². The van der Waals surface area contributed by atoms with Crippen LogP contribution in [0.2, 0.25) is 0 Å². The Labute approximate surface area is 150 Å². The van der Waals surface area contributed by atoms with Gasteiger partial charge in [-0.1, -0.05) is 12.1 Å². The number of rotatable bonds is 3. The summed E-state index contributed by atoms with van der Waals surface area (Å²) in [6, 6.07) is 6.10. The molecule has 6 nitrogen and oxygen atoms in total. The lowest BCUT2D eigenvalue weighted by Crippen LogP contribution is -2.43. The first kappa shape index (κ1) is 16.7. The highest BCUT2D eigenvalue weighted by Gasteiger charge is 2.34. The highest BCUT2D eigenvalue weighted by molar-refractivity contribution is 5.41. The van der Waals surface area contributed by atoms with Crippen molar-refractivity contribution in [3.8, 4) is 5.82 Å². The van der Waals surface area contributed by atoms with Crippen LogP contribution in [0.15, 0.2) is 49.1 Å². The topological polar surface area (TPSA) is 67.1 Å². The van der Waals surface area contributed by atoms with Crippen LogP contribution in [-0.2, 0) is 5.60 Å². The monoisotopic (exact) mass is 353 g/mol. The van der Waals surface area contributed by atoms with E-state index in [0.29, 0.717) is 31.7 Å². The summed E-state index contributed by atoms with van der Waals surface area (Å²) in [5.41, 5.74) is 0.874. The van der Waals surface area contributed by atoms with Crippen LogP contribution >= 0.6 is 0 Å². The van der Waals surface area contributed by atoms with Crippen molar-refractivity contribution >= 4 is 5.82 Å². The zero-order valence-electron chi connectivity index (χ0n) is 14.5. The van der Waals surface area contributed by atoms with E-state index in [1.165, 1.54) is 12.1 Å². The van der Waals surface area contributed by atoms with E-state index in [9.17, 15) is 9.50 Å². The Morgan fingerprint density at radius 1 is 1.04 bits per heavy atom. The average molecular weight is 353 g/mol. The summed E-state index contributed by atoms with van der Waals surface area (Å²) in [5, 5.41) is 15.2. The minimum absolute atomic E-state index is 0.296. The van der Waals surface area contributed by atoms with Crippen molar-refractivity contribution in [2.75, 3.05) is 18.0 Å². The van der Waals surface area contributed by atoms with Crippen LogP contribution in [0.3, 0.4) is 0 Å². The summed E-state index contributed by atoms with van der Waals surface area (Å²) in [4.78, 5) is 11.0. The third-order valence-corrected chi connectivity index (χ3v) is 4.85. The second-order valence-corrected chi connectivity index (χ2v) is 6.72. The summed E-state index contributed by atoms with van der Waals surface area (Å²) in [6.45, 7) is 3.26. The molecule has 0 saturated carbocycles. The minimum atomic E-state index is -0.936. The predicted molar refractivity (Wildman–Crippen MR) is 95.6 cm³/mol. The van der Waals surface area contributed by atoms with Crippen molar-refractivity contribution in [3.63, 3.8) is 0 Å². The Morgan fingerprint density at radius 3 is 2.38 bits per heavy atom. The standard InChI is InChI=1S/C19H20FN5O/c1-14-10-22-25(13-14)18-12-21-11-17(23-18)24-8-6-19(26,7-9-24)15-2-4-16(20)5-3-15/h2-5,10-13,26H,6-9H2,1H3. The lowest BCUT2D eigenvalue weighted by atomic mass is 9.84. The number of aliphatic hydroxyl groups is 1. The fourth-order valence-corrected chi connectivity index (χ4v) is 3.30. The van der Waals surface area contributed by atoms with E-state index >= 15 is 0 Å². The molecule has 3 heterocycles. The number of aromatic nitrogens is 4. The van der Waals surface area contributed by atoms with Crippen molar-refractivity contribution in [2.45, 2.75) is 25.4 Å². The van der Waals surface area contributed by atoms with E-state index in [-0.39, 0.29) is 5.82 Å². The Balaban J connectivity index is 1.50. The Kier molecular flexibility index (Phi) is 4.16. The van der Waals surface area contributed by atoms with Gasteiger partial charge in [0.1, 0.15) is 11.6 Å². The number of nitrogens with zero attached hydrogens (tertiary/aromatic N) is 5. The maximum absolute atomic E-state index is 13.1. The first-order valence-corrected chi connectivity index (χ1v) is 8.61. The van der Waals surface area contributed by atoms with Gasteiger partial charge in [-0.25, -0.2) is 14.1 Å². The molecule has 7 heteroatoms. The Morgan fingerprint density at radius 2 is 1.73 bits per heavy atom. The van der Waals surface area contributed by atoms with Gasteiger partial charge in [0, 0.05) is 19.3 Å². The first-order chi connectivity index (χ1) is 12.5. The van der Waals surface area contributed by atoms with Crippen molar-refractivity contribution in [3.05, 3.63) is 66.0 Å². The maximum Gasteiger partial charge on any atom is 0.173 e. The van der Waals surface area contributed by atoms with Crippen LogP contribution in [0.5, 0.6) is 0 Å². The van der Waals surface area contributed by atoms with Gasteiger partial charge in [-0.2, -0.15) is 5.10 Å². The molecule has 3 aromatic rings. The molecule has 0 aliphatic carbocycles. The van der Waals surface area contributed by atoms with Crippen LogP contribution in [-0.4, -0.2) is 37.9 Å². The summed E-state index contributed by atoms with van der Waals surface area (Å²) in [6.07, 6.45) is 8.17.